The number of nitrogen functional groups attached to an aromatic ring is 1. The van der Waals surface area contributed by atoms with Gasteiger partial charge in [-0.1, -0.05) is 6.92 Å². The normalized spacial score (nSPS) is 12.4. The quantitative estimate of drug-likeness (QED) is 0.886. The molecule has 1 unspecified atom stereocenters. The Hall–Kier alpha value is -1.69. The number of nitrogens with zero attached hydrogens (tertiary/aromatic N) is 3. The topological polar surface area (TPSA) is 76.7 Å². The first-order valence-electron chi connectivity index (χ1n) is 5.90. The maximum absolute atomic E-state index is 5.70. The lowest BCUT2D eigenvalue weighted by Crippen LogP contribution is -2.09. The summed E-state index contributed by atoms with van der Waals surface area (Å²) in [6.45, 7) is 6.01. The summed E-state index contributed by atoms with van der Waals surface area (Å²) in [6, 6.07) is 1.85. The monoisotopic (exact) mass is 263 g/mol. The van der Waals surface area contributed by atoms with Gasteiger partial charge in [-0.15, -0.1) is 11.3 Å². The SMILES string of the molecule is CCc1cnc(C(C)Nc2cc(N)nc(C)n2)s1. The number of hydrogen-bond donors (Lipinski definition) is 2. The van der Waals surface area contributed by atoms with Crippen molar-refractivity contribution in [3.8, 4) is 0 Å². The Kier molecular flexibility index (Phi) is 3.76. The molecular weight excluding hydrogens is 246 g/mol. The van der Waals surface area contributed by atoms with Gasteiger partial charge in [-0.3, -0.25) is 0 Å². The predicted molar refractivity (Wildman–Crippen MR) is 74.7 cm³/mol. The molecular formula is C12H17N5S. The summed E-state index contributed by atoms with van der Waals surface area (Å²) in [5.74, 6) is 1.88. The summed E-state index contributed by atoms with van der Waals surface area (Å²) in [5.41, 5.74) is 5.70. The lowest BCUT2D eigenvalue weighted by atomic mass is 10.3. The van der Waals surface area contributed by atoms with Gasteiger partial charge in [0.1, 0.15) is 22.5 Å². The Morgan fingerprint density at radius 3 is 2.83 bits per heavy atom. The van der Waals surface area contributed by atoms with Gasteiger partial charge in [-0.2, -0.15) is 0 Å². The van der Waals surface area contributed by atoms with Crippen molar-refractivity contribution in [2.75, 3.05) is 11.1 Å². The molecule has 0 saturated heterocycles. The van der Waals surface area contributed by atoms with Crippen LogP contribution in [0.3, 0.4) is 0 Å². The van der Waals surface area contributed by atoms with Gasteiger partial charge in [-0.25, -0.2) is 15.0 Å². The Labute approximate surface area is 111 Å². The average Bonchev–Trinajstić information content (AvgIpc) is 2.75. The summed E-state index contributed by atoms with van der Waals surface area (Å²) in [5, 5.41) is 4.35. The van der Waals surface area contributed by atoms with Gasteiger partial charge in [0.25, 0.3) is 0 Å². The number of hydrogen-bond acceptors (Lipinski definition) is 6. The maximum Gasteiger partial charge on any atom is 0.132 e. The smallest absolute Gasteiger partial charge is 0.132 e. The summed E-state index contributed by atoms with van der Waals surface area (Å²) in [4.78, 5) is 14.0. The molecule has 2 rings (SSSR count). The maximum atomic E-state index is 5.70. The van der Waals surface area contributed by atoms with E-state index in [4.69, 9.17) is 5.73 Å². The number of thiazole rings is 1. The number of rotatable bonds is 4. The molecule has 0 bridgehead atoms. The molecule has 0 aliphatic heterocycles. The third-order valence-electron chi connectivity index (χ3n) is 2.51. The Morgan fingerprint density at radius 2 is 2.22 bits per heavy atom. The highest BCUT2D eigenvalue weighted by Gasteiger charge is 2.11. The van der Waals surface area contributed by atoms with Crippen LogP contribution in [0, 0.1) is 6.92 Å². The summed E-state index contributed by atoms with van der Waals surface area (Å²) in [7, 11) is 0. The van der Waals surface area contributed by atoms with Crippen LogP contribution in [0.15, 0.2) is 12.3 Å². The highest BCUT2D eigenvalue weighted by molar-refractivity contribution is 7.11. The zero-order valence-corrected chi connectivity index (χ0v) is 11.6. The van der Waals surface area contributed by atoms with Gasteiger partial charge in [0.15, 0.2) is 0 Å². The van der Waals surface area contributed by atoms with Crippen LogP contribution in [0.2, 0.25) is 0 Å². The molecule has 0 amide bonds. The van der Waals surface area contributed by atoms with Crippen molar-refractivity contribution < 1.29 is 0 Å². The van der Waals surface area contributed by atoms with E-state index in [1.165, 1.54) is 4.88 Å². The molecule has 5 nitrogen and oxygen atoms in total. The van der Waals surface area contributed by atoms with Crippen LogP contribution in [-0.2, 0) is 6.42 Å². The Balaban J connectivity index is 2.12. The Bertz CT molecular complexity index is 517. The fraction of sp³-hybridized carbons (Fsp3) is 0.417. The molecule has 2 aromatic rings. The zero-order chi connectivity index (χ0) is 13.1. The number of anilines is 2. The van der Waals surface area contributed by atoms with Crippen LogP contribution in [0.4, 0.5) is 11.6 Å². The second-order valence-electron chi connectivity index (χ2n) is 4.11. The van der Waals surface area contributed by atoms with E-state index in [0.29, 0.717) is 11.6 Å². The predicted octanol–water partition coefficient (Wildman–Crippen LogP) is 2.56. The van der Waals surface area contributed by atoms with Gasteiger partial charge in [0.2, 0.25) is 0 Å². The molecule has 96 valence electrons. The molecule has 2 aromatic heterocycles. The first-order chi connectivity index (χ1) is 8.58. The fourth-order valence-corrected chi connectivity index (χ4v) is 2.49. The van der Waals surface area contributed by atoms with Crippen molar-refractivity contribution in [1.82, 2.24) is 15.0 Å². The summed E-state index contributed by atoms with van der Waals surface area (Å²) < 4.78 is 0. The van der Waals surface area contributed by atoms with E-state index in [0.717, 1.165) is 17.2 Å². The molecule has 0 fully saturated rings. The van der Waals surface area contributed by atoms with Crippen molar-refractivity contribution >= 4 is 23.0 Å². The Morgan fingerprint density at radius 1 is 1.44 bits per heavy atom. The molecule has 2 heterocycles. The lowest BCUT2D eigenvalue weighted by molar-refractivity contribution is 0.855. The van der Waals surface area contributed by atoms with Crippen molar-refractivity contribution in [3.63, 3.8) is 0 Å². The van der Waals surface area contributed by atoms with Crippen molar-refractivity contribution in [1.29, 1.82) is 0 Å². The van der Waals surface area contributed by atoms with Gasteiger partial charge >= 0.3 is 0 Å². The van der Waals surface area contributed by atoms with Crippen LogP contribution in [0.25, 0.3) is 0 Å². The molecule has 1 atom stereocenters. The second-order valence-corrected chi connectivity index (χ2v) is 5.26. The van der Waals surface area contributed by atoms with Crippen LogP contribution < -0.4 is 11.1 Å². The minimum absolute atomic E-state index is 0.115. The first-order valence-corrected chi connectivity index (χ1v) is 6.72. The van der Waals surface area contributed by atoms with Crippen molar-refractivity contribution in [3.05, 3.63) is 28.0 Å². The van der Waals surface area contributed by atoms with E-state index < -0.39 is 0 Å². The molecule has 0 radical (unpaired) electrons. The van der Waals surface area contributed by atoms with Crippen molar-refractivity contribution in [2.24, 2.45) is 0 Å². The van der Waals surface area contributed by atoms with E-state index in [1.54, 1.807) is 17.4 Å². The largest absolute Gasteiger partial charge is 0.384 e. The molecule has 0 aliphatic rings. The molecule has 3 N–H and O–H groups in total. The van der Waals surface area contributed by atoms with Gasteiger partial charge in [0.05, 0.1) is 6.04 Å². The van der Waals surface area contributed by atoms with E-state index in [9.17, 15) is 0 Å². The fourth-order valence-electron chi connectivity index (χ4n) is 1.63. The standard InChI is InChI=1S/C12H17N5S/c1-4-9-6-14-12(18-9)7(2)15-11-5-10(13)16-8(3)17-11/h5-7H,4H2,1-3H3,(H3,13,15,16,17). The number of aryl methyl sites for hydroxylation is 2. The second kappa shape index (κ2) is 5.30. The third kappa shape index (κ3) is 2.95. The van der Waals surface area contributed by atoms with Gasteiger partial charge in [-0.05, 0) is 20.3 Å². The van der Waals surface area contributed by atoms with Crippen LogP contribution in [-0.4, -0.2) is 15.0 Å². The summed E-state index contributed by atoms with van der Waals surface area (Å²) in [6.07, 6.45) is 2.95. The van der Waals surface area contributed by atoms with E-state index in [-0.39, 0.29) is 6.04 Å². The lowest BCUT2D eigenvalue weighted by Gasteiger charge is -2.12. The van der Waals surface area contributed by atoms with Crippen LogP contribution >= 0.6 is 11.3 Å². The molecule has 0 saturated carbocycles. The summed E-state index contributed by atoms with van der Waals surface area (Å²) >= 11 is 1.72. The van der Waals surface area contributed by atoms with Gasteiger partial charge in [0, 0.05) is 17.1 Å². The zero-order valence-electron chi connectivity index (χ0n) is 10.8. The third-order valence-corrected chi connectivity index (χ3v) is 3.84. The highest BCUT2D eigenvalue weighted by Crippen LogP contribution is 2.23. The van der Waals surface area contributed by atoms with Crippen LogP contribution in [0.1, 0.15) is 35.6 Å². The van der Waals surface area contributed by atoms with E-state index >= 15 is 0 Å². The van der Waals surface area contributed by atoms with Crippen molar-refractivity contribution in [2.45, 2.75) is 33.2 Å². The molecule has 0 spiro atoms. The number of nitrogens with one attached hydrogen (secondary N) is 1. The van der Waals surface area contributed by atoms with Gasteiger partial charge < -0.3 is 11.1 Å². The number of nitrogens with two attached hydrogens (primary N) is 1. The first kappa shape index (κ1) is 12.8. The number of aromatic nitrogens is 3. The average molecular weight is 263 g/mol. The highest BCUT2D eigenvalue weighted by atomic mass is 32.1. The van der Waals surface area contributed by atoms with E-state index in [2.05, 4.69) is 34.1 Å². The molecule has 6 heteroatoms. The molecule has 0 aliphatic carbocycles. The molecule has 18 heavy (non-hydrogen) atoms. The minimum atomic E-state index is 0.115. The van der Waals surface area contributed by atoms with E-state index in [1.807, 2.05) is 13.1 Å². The minimum Gasteiger partial charge on any atom is -0.384 e. The van der Waals surface area contributed by atoms with Crippen LogP contribution in [0.5, 0.6) is 0 Å². The molecule has 0 aromatic carbocycles.